The summed E-state index contributed by atoms with van der Waals surface area (Å²) in [7, 11) is -4.19. The van der Waals surface area contributed by atoms with E-state index in [0.29, 0.717) is 16.6 Å². The number of nitro groups is 1. The van der Waals surface area contributed by atoms with Crippen LogP contribution in [0.15, 0.2) is 39.6 Å². The summed E-state index contributed by atoms with van der Waals surface area (Å²) in [4.78, 5) is 22.5. The van der Waals surface area contributed by atoms with Gasteiger partial charge in [0.15, 0.2) is 5.96 Å². The van der Waals surface area contributed by atoms with E-state index in [1.165, 1.54) is 47.4 Å². The lowest BCUT2D eigenvalue weighted by Gasteiger charge is -2.09. The summed E-state index contributed by atoms with van der Waals surface area (Å²) in [6.45, 7) is 0.147. The van der Waals surface area contributed by atoms with Crippen molar-refractivity contribution in [3.63, 3.8) is 0 Å². The number of thiazole rings is 1. The van der Waals surface area contributed by atoms with Crippen LogP contribution >= 0.6 is 23.1 Å². The number of aliphatic imine (C=N–C) groups is 2. The zero-order valence-electron chi connectivity index (χ0n) is 15.3. The largest absolute Gasteiger partial charge is 0.418 e. The first-order valence-corrected chi connectivity index (χ1v) is 11.6. The van der Waals surface area contributed by atoms with Crippen molar-refractivity contribution in [3.05, 3.63) is 45.5 Å². The molecule has 16 heteroatoms. The Hall–Kier alpha value is -2.95. The van der Waals surface area contributed by atoms with Crippen molar-refractivity contribution >= 4 is 56.1 Å². The van der Waals surface area contributed by atoms with Crippen molar-refractivity contribution in [1.82, 2.24) is 9.71 Å². The van der Waals surface area contributed by atoms with Gasteiger partial charge in [0.05, 0.1) is 17.2 Å². The highest BCUT2D eigenvalue weighted by atomic mass is 32.2. The van der Waals surface area contributed by atoms with Crippen LogP contribution in [0, 0.1) is 10.1 Å². The molecule has 0 unspecified atom stereocenters. The van der Waals surface area contributed by atoms with Gasteiger partial charge in [-0.2, -0.15) is 25.2 Å². The molecule has 0 aliphatic carbocycles. The molecule has 162 valence electrons. The van der Waals surface area contributed by atoms with E-state index in [1.54, 1.807) is 0 Å². The third kappa shape index (κ3) is 8.19. The Kier molecular flexibility index (Phi) is 8.34. The molecule has 1 aromatic heterocycles. The summed E-state index contributed by atoms with van der Waals surface area (Å²) in [6, 6.07) is 4.99. The number of aromatic nitrogens is 1. The summed E-state index contributed by atoms with van der Waals surface area (Å²) in [5.41, 5.74) is 11.0. The maximum absolute atomic E-state index is 11.3. The molecule has 0 fully saturated rings. The second kappa shape index (κ2) is 10.7. The van der Waals surface area contributed by atoms with Crippen LogP contribution in [0.2, 0.25) is 0 Å². The third-order valence-corrected chi connectivity index (χ3v) is 5.22. The zero-order chi connectivity index (χ0) is 22.1. The van der Waals surface area contributed by atoms with Gasteiger partial charge in [0.2, 0.25) is 10.9 Å². The fraction of sp³-hybridized carbons (Fsp3) is 0.214. The minimum atomic E-state index is -4.19. The molecule has 0 spiro atoms. The number of hydrogen-bond donors (Lipinski definition) is 4. The Bertz CT molecular complexity index is 1050. The summed E-state index contributed by atoms with van der Waals surface area (Å²) in [5.74, 6) is 0.770. The van der Waals surface area contributed by atoms with E-state index in [9.17, 15) is 18.5 Å². The van der Waals surface area contributed by atoms with Gasteiger partial charge in [-0.05, 0) is 6.07 Å². The predicted molar refractivity (Wildman–Crippen MR) is 116 cm³/mol. The number of nitrogens with zero attached hydrogens (tertiary/aromatic N) is 4. The Morgan fingerprint density at radius 1 is 1.37 bits per heavy atom. The minimum Gasteiger partial charge on any atom is -0.418 e. The monoisotopic (exact) mass is 474 g/mol. The fourth-order valence-corrected chi connectivity index (χ4v) is 3.80. The van der Waals surface area contributed by atoms with E-state index in [2.05, 4.69) is 15.0 Å². The van der Waals surface area contributed by atoms with Gasteiger partial charge in [-0.3, -0.25) is 10.1 Å². The summed E-state index contributed by atoms with van der Waals surface area (Å²) >= 11 is 2.76. The molecule has 0 aliphatic rings. The van der Waals surface area contributed by atoms with Crippen LogP contribution in [0.5, 0.6) is 5.75 Å². The lowest BCUT2D eigenvalue weighted by Crippen LogP contribution is -2.39. The van der Waals surface area contributed by atoms with Gasteiger partial charge in [0, 0.05) is 23.0 Å². The van der Waals surface area contributed by atoms with Gasteiger partial charge in [0.25, 0.3) is 10.2 Å². The number of rotatable bonds is 9. The topological polar surface area (TPSA) is 214 Å². The fourth-order valence-electron chi connectivity index (χ4n) is 1.92. The number of para-hydroxylation sites is 2. The highest BCUT2D eigenvalue weighted by Gasteiger charge is 2.18. The molecule has 0 saturated heterocycles. The quantitative estimate of drug-likeness (QED) is 0.130. The molecule has 0 saturated carbocycles. The predicted octanol–water partition coefficient (Wildman–Crippen LogP) is 0.418. The first-order chi connectivity index (χ1) is 14.1. The third-order valence-electron chi connectivity index (χ3n) is 3.00. The summed E-state index contributed by atoms with van der Waals surface area (Å²) < 4.78 is 29.8. The second-order valence-corrected chi connectivity index (χ2v) is 8.61. The van der Waals surface area contributed by atoms with E-state index >= 15 is 0 Å². The maximum Gasteiger partial charge on any atom is 0.311 e. The van der Waals surface area contributed by atoms with Crippen LogP contribution in [-0.4, -0.2) is 42.6 Å². The lowest BCUT2D eigenvalue weighted by atomic mass is 10.3. The van der Waals surface area contributed by atoms with Crippen LogP contribution in [-0.2, 0) is 16.0 Å². The number of nitrogens with two attached hydrogens (primary N) is 3. The van der Waals surface area contributed by atoms with E-state index < -0.39 is 21.2 Å². The maximum atomic E-state index is 11.3. The average molecular weight is 475 g/mol. The molecular weight excluding hydrogens is 456 g/mol. The molecule has 30 heavy (non-hydrogen) atoms. The number of nitro benzene ring substituents is 1. The summed E-state index contributed by atoms with van der Waals surface area (Å²) in [5, 5.41) is 18.3. The van der Waals surface area contributed by atoms with Crippen LogP contribution in [0.25, 0.3) is 0 Å². The molecule has 0 bridgehead atoms. The van der Waals surface area contributed by atoms with Crippen molar-refractivity contribution in [2.75, 3.05) is 12.3 Å². The standard InChI is InChI=1S/C14H18N8O5S3/c15-12(16)20-14-19-9(8-29-14)7-28-6-5-18-13(21-30(17,25)26)27-11-4-2-1-3-10(11)22(23)24/h1-4,8H,5-7H2,(H,18,21)(H2,17,25,26)(H4,15,16,19,20). The number of benzene rings is 1. The highest BCUT2D eigenvalue weighted by molar-refractivity contribution is 7.98. The minimum absolute atomic E-state index is 0.0774. The number of thioether (sulfide) groups is 1. The van der Waals surface area contributed by atoms with Crippen molar-refractivity contribution in [3.8, 4) is 5.75 Å². The molecule has 0 atom stereocenters. The van der Waals surface area contributed by atoms with Crippen molar-refractivity contribution in [1.29, 1.82) is 0 Å². The average Bonchev–Trinajstić information content (AvgIpc) is 3.06. The highest BCUT2D eigenvalue weighted by Crippen LogP contribution is 2.26. The van der Waals surface area contributed by atoms with Gasteiger partial charge < -0.3 is 16.2 Å². The Morgan fingerprint density at radius 3 is 2.77 bits per heavy atom. The van der Waals surface area contributed by atoms with Crippen molar-refractivity contribution in [2.45, 2.75) is 5.75 Å². The molecule has 0 aliphatic heterocycles. The number of amidine groups is 1. The summed E-state index contributed by atoms with van der Waals surface area (Å²) in [6.07, 6.45) is 0. The van der Waals surface area contributed by atoms with E-state index in [4.69, 9.17) is 21.3 Å². The van der Waals surface area contributed by atoms with Crippen molar-refractivity contribution < 1.29 is 18.1 Å². The van der Waals surface area contributed by atoms with Gasteiger partial charge in [-0.15, -0.1) is 11.3 Å². The normalized spacial score (nSPS) is 11.7. The molecule has 2 rings (SSSR count). The zero-order valence-corrected chi connectivity index (χ0v) is 17.7. The molecule has 1 heterocycles. The molecule has 13 nitrogen and oxygen atoms in total. The molecule has 0 radical (unpaired) electrons. The Morgan fingerprint density at radius 2 is 2.10 bits per heavy atom. The van der Waals surface area contributed by atoms with Crippen molar-refractivity contribution in [2.24, 2.45) is 26.6 Å². The van der Waals surface area contributed by atoms with E-state index in [-0.39, 0.29) is 23.9 Å². The first-order valence-electron chi connectivity index (χ1n) is 8.02. The van der Waals surface area contributed by atoms with Crippen LogP contribution in [0.3, 0.4) is 0 Å². The van der Waals surface area contributed by atoms with E-state index in [1.807, 2.05) is 10.1 Å². The number of ether oxygens (including phenoxy) is 1. The number of hydrogen-bond acceptors (Lipinski definition) is 10. The molecular formula is C14H18N8O5S3. The first kappa shape index (κ1) is 23.3. The van der Waals surface area contributed by atoms with Gasteiger partial charge in [-0.1, -0.05) is 12.1 Å². The second-order valence-electron chi connectivity index (χ2n) is 5.37. The van der Waals surface area contributed by atoms with Gasteiger partial charge >= 0.3 is 11.7 Å². The molecule has 2 aromatic rings. The lowest BCUT2D eigenvalue weighted by molar-refractivity contribution is -0.385. The van der Waals surface area contributed by atoms with Gasteiger partial charge in [-0.25, -0.2) is 19.8 Å². The Balaban J connectivity index is 1.98. The smallest absolute Gasteiger partial charge is 0.311 e. The Labute approximate surface area is 179 Å². The SMILES string of the molecule is NC(N)=Nc1nc(CSCCN=C(NS(N)(=O)=O)Oc2ccccc2[N+](=O)[O-])cs1. The number of guanidine groups is 1. The van der Waals surface area contributed by atoms with Crippen LogP contribution in [0.4, 0.5) is 10.8 Å². The molecule has 1 aromatic carbocycles. The molecule has 0 amide bonds. The van der Waals surface area contributed by atoms with Gasteiger partial charge in [0.1, 0.15) is 0 Å². The van der Waals surface area contributed by atoms with Crippen LogP contribution < -0.4 is 26.1 Å². The number of nitrogens with one attached hydrogen (secondary N) is 1. The van der Waals surface area contributed by atoms with E-state index in [0.717, 1.165) is 5.69 Å². The van der Waals surface area contributed by atoms with Crippen LogP contribution in [0.1, 0.15) is 5.69 Å². The molecule has 7 N–H and O–H groups in total.